The van der Waals surface area contributed by atoms with Gasteiger partial charge in [0.05, 0.1) is 13.7 Å². The zero-order valence-electron chi connectivity index (χ0n) is 20.9. The van der Waals surface area contributed by atoms with Crippen LogP contribution in [0.15, 0.2) is 24.3 Å². The zero-order valence-corrected chi connectivity index (χ0v) is 23.9. The summed E-state index contributed by atoms with van der Waals surface area (Å²) >= 11 is 0. The summed E-state index contributed by atoms with van der Waals surface area (Å²) < 4.78 is 9.80. The molecule has 0 aromatic heterocycles. The average Bonchev–Trinajstić information content (AvgIpc) is 2.99. The number of carbonyl (C=O) groups is 1. The normalized spacial score (nSPS) is 12.0. The minimum Gasteiger partial charge on any atom is -0.832 e. The Balaban J connectivity index is 0.000000467. The monoisotopic (exact) mass is 481 g/mol. The number of fused-ring (bicyclic) bond motifs is 3. The number of aryl methyl sites for hydroxylation is 3. The Labute approximate surface area is 223 Å². The second-order valence-electron chi connectivity index (χ2n) is 7.88. The van der Waals surface area contributed by atoms with Gasteiger partial charge in [0.25, 0.3) is 0 Å². The molecule has 2 aromatic carbocycles. The molecule has 2 aromatic rings. The first kappa shape index (κ1) is 29.9. The molecule has 0 saturated carbocycles. The van der Waals surface area contributed by atoms with Gasteiger partial charge in [0, 0.05) is 0 Å². The van der Waals surface area contributed by atoms with Crippen molar-refractivity contribution in [3.05, 3.63) is 52.1 Å². The van der Waals surface area contributed by atoms with E-state index in [1.54, 1.807) is 29.4 Å². The fourth-order valence-electron chi connectivity index (χ4n) is 4.52. The Morgan fingerprint density at radius 1 is 1.06 bits per heavy atom. The van der Waals surface area contributed by atoms with E-state index in [1.165, 1.54) is 29.5 Å². The van der Waals surface area contributed by atoms with Crippen molar-refractivity contribution < 1.29 is 48.7 Å². The minimum atomic E-state index is -0.774. The number of ether oxygens (including phenoxy) is 2. The molecule has 0 spiro atoms. The van der Waals surface area contributed by atoms with Gasteiger partial charge in [-0.1, -0.05) is 32.9 Å². The van der Waals surface area contributed by atoms with Crippen LogP contribution in [0.25, 0.3) is 11.1 Å². The maximum atomic E-state index is 9.89. The van der Waals surface area contributed by atoms with Crippen LogP contribution in [0.1, 0.15) is 61.4 Å². The molecule has 1 unspecified atom stereocenters. The second-order valence-corrected chi connectivity index (χ2v) is 8.67. The van der Waals surface area contributed by atoms with Crippen molar-refractivity contribution in [1.29, 1.82) is 0 Å². The van der Waals surface area contributed by atoms with Crippen molar-refractivity contribution in [2.24, 2.45) is 5.73 Å². The smallest absolute Gasteiger partial charge is 0.832 e. The Morgan fingerprint density at radius 3 is 2.33 bits per heavy atom. The first-order chi connectivity index (χ1) is 15.5. The van der Waals surface area contributed by atoms with Gasteiger partial charge in [-0.05, 0) is 102 Å². The molecule has 0 aliphatic heterocycles. The molecule has 2 N–H and O–H groups in total. The third-order valence-electron chi connectivity index (χ3n) is 5.95. The van der Waals surface area contributed by atoms with Crippen molar-refractivity contribution >= 4 is 14.9 Å². The first-order valence-corrected chi connectivity index (χ1v) is 12.7. The van der Waals surface area contributed by atoms with E-state index in [2.05, 4.69) is 55.5 Å². The van der Waals surface area contributed by atoms with E-state index in [9.17, 15) is 9.69 Å². The van der Waals surface area contributed by atoms with Gasteiger partial charge in [-0.3, -0.25) is 0 Å². The van der Waals surface area contributed by atoms with Crippen LogP contribution in [0.3, 0.4) is 0 Å². The topological polar surface area (TPSA) is 84.6 Å². The van der Waals surface area contributed by atoms with Crippen LogP contribution in [0.5, 0.6) is 5.75 Å². The van der Waals surface area contributed by atoms with E-state index in [0.717, 1.165) is 31.4 Å². The number of nitrogens with two attached hydrogens (primary N) is 1. The summed E-state index contributed by atoms with van der Waals surface area (Å²) in [4.78, 5) is 19.7. The van der Waals surface area contributed by atoms with Gasteiger partial charge in [0.2, 0.25) is 0 Å². The average molecular weight is 482 g/mol. The molecule has 0 radical (unpaired) electrons. The van der Waals surface area contributed by atoms with Crippen molar-refractivity contribution in [1.82, 2.24) is 0 Å². The van der Waals surface area contributed by atoms with E-state index in [0.29, 0.717) is 12.6 Å². The number of amides is 1. The number of rotatable bonds is 8. The molecule has 176 valence electrons. The van der Waals surface area contributed by atoms with Gasteiger partial charge in [0.15, 0.2) is 0 Å². The molecule has 1 aliphatic rings. The predicted octanol–water partition coefficient (Wildman–Crippen LogP) is 1.97. The van der Waals surface area contributed by atoms with Crippen molar-refractivity contribution in [2.45, 2.75) is 65.7 Å². The van der Waals surface area contributed by atoms with Crippen LogP contribution in [0.4, 0.5) is 4.79 Å². The summed E-state index contributed by atoms with van der Waals surface area (Å²) in [6.45, 7) is 7.16. The largest absolute Gasteiger partial charge is 1.00 e. The SMILES string of the molecule is CCc1cc2c(c(CC)c1CC)-c1ccc(OC)cc1CCC2.NC(=O)OCCCP[O-].[Na+]. The number of hydrogen-bond donors (Lipinski definition) is 1. The summed E-state index contributed by atoms with van der Waals surface area (Å²) in [7, 11) is 1.44. The molecular weight excluding hydrogens is 444 g/mol. The molecule has 33 heavy (non-hydrogen) atoms. The molecule has 0 bridgehead atoms. The fourth-order valence-corrected chi connectivity index (χ4v) is 4.81. The summed E-state index contributed by atoms with van der Waals surface area (Å²) in [6, 6.07) is 9.13. The molecule has 3 rings (SSSR count). The maximum Gasteiger partial charge on any atom is 1.00 e. The number of methoxy groups -OCH3 is 1. The Kier molecular flexibility index (Phi) is 14.3. The number of benzene rings is 2. The molecule has 7 heteroatoms. The molecular formula is C26H37NNaO4P. The van der Waals surface area contributed by atoms with E-state index >= 15 is 0 Å². The molecule has 1 aliphatic carbocycles. The summed E-state index contributed by atoms with van der Waals surface area (Å²) in [5.74, 6) is 0.978. The van der Waals surface area contributed by atoms with Gasteiger partial charge in [-0.25, -0.2) is 13.6 Å². The molecule has 0 fully saturated rings. The van der Waals surface area contributed by atoms with Gasteiger partial charge in [0.1, 0.15) is 5.75 Å². The van der Waals surface area contributed by atoms with Crippen LogP contribution in [0, 0.1) is 0 Å². The summed E-state index contributed by atoms with van der Waals surface area (Å²) in [5, 5.41) is 0. The fraction of sp³-hybridized carbons (Fsp3) is 0.500. The van der Waals surface area contributed by atoms with Crippen molar-refractivity contribution in [2.75, 3.05) is 19.9 Å². The number of primary amides is 1. The molecule has 5 nitrogen and oxygen atoms in total. The third kappa shape index (κ3) is 8.26. The third-order valence-corrected chi connectivity index (χ3v) is 6.51. The van der Waals surface area contributed by atoms with Crippen LogP contribution < -0.4 is 44.9 Å². The summed E-state index contributed by atoms with van der Waals surface area (Å²) in [6.07, 6.45) is 7.35. The van der Waals surface area contributed by atoms with Gasteiger partial charge >= 0.3 is 35.7 Å². The number of carbonyl (C=O) groups excluding carboxylic acids is 1. The molecule has 1 atom stereocenters. The van der Waals surface area contributed by atoms with Crippen molar-refractivity contribution in [3.8, 4) is 16.9 Å². The zero-order chi connectivity index (χ0) is 23.5. The van der Waals surface area contributed by atoms with Crippen LogP contribution in [0.2, 0.25) is 0 Å². The minimum absolute atomic E-state index is 0. The Morgan fingerprint density at radius 2 is 1.76 bits per heavy atom. The van der Waals surface area contributed by atoms with Crippen LogP contribution >= 0.6 is 8.81 Å². The van der Waals surface area contributed by atoms with E-state index in [1.807, 2.05) is 0 Å². The van der Waals surface area contributed by atoms with E-state index < -0.39 is 6.09 Å². The van der Waals surface area contributed by atoms with Crippen molar-refractivity contribution in [3.63, 3.8) is 0 Å². The Hall–Kier alpha value is -1.10. The number of hydrogen-bond acceptors (Lipinski definition) is 4. The first-order valence-electron chi connectivity index (χ1n) is 11.6. The second kappa shape index (κ2) is 15.7. The van der Waals surface area contributed by atoms with Crippen LogP contribution in [-0.4, -0.2) is 26.0 Å². The maximum absolute atomic E-state index is 9.89. The standard InChI is InChI=1S/C22H28O.C4H9NO3P.Na/c1-5-15-13-17-10-8-9-16-14-18(23-4)11-12-21(16)22(17)20(7-3)19(15)6-2;5-4(6)8-2-1-3-9-7;/h11-14H,5-10H2,1-4H3;9H,1-3H2,(H2,5,6);/q;-1;+1. The van der Waals surface area contributed by atoms with Gasteiger partial charge < -0.3 is 20.1 Å². The van der Waals surface area contributed by atoms with E-state index in [4.69, 9.17) is 4.74 Å². The molecule has 0 heterocycles. The molecule has 1 amide bonds. The van der Waals surface area contributed by atoms with E-state index in [-0.39, 0.29) is 45.0 Å². The predicted molar refractivity (Wildman–Crippen MR) is 132 cm³/mol. The van der Waals surface area contributed by atoms with Gasteiger partial charge in [-0.2, -0.15) is 0 Å². The summed E-state index contributed by atoms with van der Waals surface area (Å²) in [5.41, 5.74) is 15.3. The molecule has 0 saturated heterocycles. The quantitative estimate of drug-likeness (QED) is 0.355. The van der Waals surface area contributed by atoms with Gasteiger partial charge in [-0.15, -0.1) is 0 Å². The van der Waals surface area contributed by atoms with Crippen LogP contribution in [-0.2, 0) is 36.8 Å². The Bertz CT molecular complexity index is 904.